The molecule has 0 aliphatic carbocycles. The Morgan fingerprint density at radius 1 is 1.50 bits per heavy atom. The second kappa shape index (κ2) is 2.42. The summed E-state index contributed by atoms with van der Waals surface area (Å²) in [4.78, 5) is 10.1. The summed E-state index contributed by atoms with van der Waals surface area (Å²) in [6.45, 7) is 3.11. The molecule has 4 nitrogen and oxygen atoms in total. The Balaban J connectivity index is 2.06. The van der Waals surface area contributed by atoms with Crippen molar-refractivity contribution >= 4 is 5.82 Å². The molecule has 64 valence electrons. The first-order chi connectivity index (χ1) is 5.67. The molecule has 1 aliphatic heterocycles. The van der Waals surface area contributed by atoms with Gasteiger partial charge in [0.2, 0.25) is 0 Å². The van der Waals surface area contributed by atoms with Crippen LogP contribution in [0, 0.1) is 0 Å². The Kier molecular flexibility index (Phi) is 1.51. The maximum atomic E-state index is 9.46. The molecule has 1 aliphatic rings. The van der Waals surface area contributed by atoms with E-state index in [0.29, 0.717) is 13.1 Å². The summed E-state index contributed by atoms with van der Waals surface area (Å²) in [5.74, 6) is 0.837. The molecule has 4 heteroatoms. The Bertz CT molecular complexity index is 265. The molecule has 0 radical (unpaired) electrons. The molecule has 0 saturated carbocycles. The summed E-state index contributed by atoms with van der Waals surface area (Å²) in [7, 11) is 0. The van der Waals surface area contributed by atoms with Crippen LogP contribution in [-0.2, 0) is 0 Å². The van der Waals surface area contributed by atoms with E-state index in [9.17, 15) is 5.11 Å². The molecular formula is C8H11N3O. The lowest BCUT2D eigenvalue weighted by atomic mass is 9.97. The molecular weight excluding hydrogens is 154 g/mol. The van der Waals surface area contributed by atoms with Gasteiger partial charge in [0.25, 0.3) is 0 Å². The van der Waals surface area contributed by atoms with Gasteiger partial charge < -0.3 is 10.0 Å². The Morgan fingerprint density at radius 3 is 2.75 bits per heavy atom. The van der Waals surface area contributed by atoms with Gasteiger partial charge in [0, 0.05) is 25.5 Å². The Morgan fingerprint density at radius 2 is 2.25 bits per heavy atom. The molecule has 2 rings (SSSR count). The highest BCUT2D eigenvalue weighted by atomic mass is 16.3. The largest absolute Gasteiger partial charge is 0.386 e. The molecule has 1 saturated heterocycles. The molecule has 0 atom stereocenters. The number of hydrogen-bond donors (Lipinski definition) is 1. The van der Waals surface area contributed by atoms with Gasteiger partial charge in [0.1, 0.15) is 5.82 Å². The topological polar surface area (TPSA) is 49.2 Å². The molecule has 12 heavy (non-hydrogen) atoms. The summed E-state index contributed by atoms with van der Waals surface area (Å²) in [5.41, 5.74) is -0.544. The maximum absolute atomic E-state index is 9.46. The summed E-state index contributed by atoms with van der Waals surface area (Å²) in [5, 5.41) is 9.46. The van der Waals surface area contributed by atoms with Crippen LogP contribution in [0.2, 0.25) is 0 Å². The van der Waals surface area contributed by atoms with Crippen molar-refractivity contribution in [2.24, 2.45) is 0 Å². The minimum atomic E-state index is -0.544. The minimum absolute atomic E-state index is 0.544. The predicted octanol–water partition coefficient (Wildman–Crippen LogP) is 0.0476. The van der Waals surface area contributed by atoms with Crippen LogP contribution in [0.25, 0.3) is 0 Å². The number of hydrogen-bond acceptors (Lipinski definition) is 4. The van der Waals surface area contributed by atoms with E-state index in [2.05, 4.69) is 9.97 Å². The third kappa shape index (κ3) is 1.25. The third-order valence-corrected chi connectivity index (χ3v) is 1.94. The van der Waals surface area contributed by atoms with E-state index in [1.165, 1.54) is 0 Å². The van der Waals surface area contributed by atoms with Crippen molar-refractivity contribution in [2.45, 2.75) is 12.5 Å². The first-order valence-corrected chi connectivity index (χ1v) is 3.91. The van der Waals surface area contributed by atoms with Gasteiger partial charge in [-0.25, -0.2) is 4.98 Å². The van der Waals surface area contributed by atoms with Crippen molar-refractivity contribution in [1.29, 1.82) is 0 Å². The van der Waals surface area contributed by atoms with Crippen molar-refractivity contribution in [1.82, 2.24) is 9.97 Å². The molecule has 0 unspecified atom stereocenters. The van der Waals surface area contributed by atoms with Gasteiger partial charge in [-0.1, -0.05) is 0 Å². The predicted molar refractivity (Wildman–Crippen MR) is 44.9 cm³/mol. The molecule has 1 fully saturated rings. The fourth-order valence-electron chi connectivity index (χ4n) is 1.39. The number of nitrogens with zero attached hydrogens (tertiary/aromatic N) is 3. The lowest BCUT2D eigenvalue weighted by Crippen LogP contribution is -2.60. The molecule has 0 amide bonds. The van der Waals surface area contributed by atoms with Gasteiger partial charge >= 0.3 is 0 Å². The number of anilines is 1. The van der Waals surface area contributed by atoms with Crippen LogP contribution in [0.3, 0.4) is 0 Å². The molecule has 1 aromatic heterocycles. The molecule has 0 bridgehead atoms. The van der Waals surface area contributed by atoms with E-state index in [0.717, 1.165) is 5.82 Å². The van der Waals surface area contributed by atoms with Crippen molar-refractivity contribution in [3.63, 3.8) is 0 Å². The summed E-state index contributed by atoms with van der Waals surface area (Å²) < 4.78 is 0. The van der Waals surface area contributed by atoms with Crippen molar-refractivity contribution < 1.29 is 5.11 Å². The van der Waals surface area contributed by atoms with E-state index < -0.39 is 5.60 Å². The summed E-state index contributed by atoms with van der Waals surface area (Å²) in [6, 6.07) is 0. The Labute approximate surface area is 70.9 Å². The SMILES string of the molecule is CC1(O)CN(c2cnccn2)C1. The Hall–Kier alpha value is -1.16. The zero-order valence-corrected chi connectivity index (χ0v) is 6.94. The number of rotatable bonds is 1. The first kappa shape index (κ1) is 7.49. The van der Waals surface area contributed by atoms with Crippen LogP contribution in [-0.4, -0.2) is 33.8 Å². The second-order valence-corrected chi connectivity index (χ2v) is 3.42. The van der Waals surface area contributed by atoms with Crippen LogP contribution in [0.5, 0.6) is 0 Å². The van der Waals surface area contributed by atoms with Crippen molar-refractivity contribution in [3.8, 4) is 0 Å². The van der Waals surface area contributed by atoms with E-state index in [1.54, 1.807) is 18.6 Å². The summed E-state index contributed by atoms with van der Waals surface area (Å²) in [6.07, 6.45) is 5.00. The molecule has 2 heterocycles. The smallest absolute Gasteiger partial charge is 0.147 e. The number of aromatic nitrogens is 2. The fraction of sp³-hybridized carbons (Fsp3) is 0.500. The first-order valence-electron chi connectivity index (χ1n) is 3.91. The lowest BCUT2D eigenvalue weighted by molar-refractivity contribution is 0.0305. The highest BCUT2D eigenvalue weighted by Crippen LogP contribution is 2.24. The molecule has 1 N–H and O–H groups in total. The van der Waals surface area contributed by atoms with Gasteiger partial charge in [-0.2, -0.15) is 0 Å². The van der Waals surface area contributed by atoms with Crippen LogP contribution < -0.4 is 4.90 Å². The number of β-amino-alcohol motifs (C(OH)–C–C–N with tert-alkyl or cyclic N) is 1. The number of aliphatic hydroxyl groups is 1. The van der Waals surface area contributed by atoms with Crippen molar-refractivity contribution in [3.05, 3.63) is 18.6 Å². The molecule has 1 aromatic rings. The fourth-order valence-corrected chi connectivity index (χ4v) is 1.39. The normalized spacial score (nSPS) is 20.3. The van der Waals surface area contributed by atoms with E-state index >= 15 is 0 Å². The molecule has 0 aromatic carbocycles. The van der Waals surface area contributed by atoms with E-state index in [4.69, 9.17) is 0 Å². The quantitative estimate of drug-likeness (QED) is 0.638. The van der Waals surface area contributed by atoms with Crippen molar-refractivity contribution in [2.75, 3.05) is 18.0 Å². The van der Waals surface area contributed by atoms with E-state index in [-0.39, 0.29) is 0 Å². The van der Waals surface area contributed by atoms with Gasteiger partial charge in [-0.15, -0.1) is 0 Å². The van der Waals surface area contributed by atoms with Crippen LogP contribution >= 0.6 is 0 Å². The lowest BCUT2D eigenvalue weighted by Gasteiger charge is -2.44. The van der Waals surface area contributed by atoms with E-state index in [1.807, 2.05) is 11.8 Å². The highest BCUT2D eigenvalue weighted by Gasteiger charge is 2.37. The van der Waals surface area contributed by atoms with Crippen LogP contribution in [0.15, 0.2) is 18.6 Å². The van der Waals surface area contributed by atoms with Crippen LogP contribution in [0.4, 0.5) is 5.82 Å². The average molecular weight is 165 g/mol. The zero-order valence-electron chi connectivity index (χ0n) is 6.94. The second-order valence-electron chi connectivity index (χ2n) is 3.42. The van der Waals surface area contributed by atoms with Gasteiger partial charge in [-0.3, -0.25) is 4.98 Å². The van der Waals surface area contributed by atoms with Gasteiger partial charge in [0.15, 0.2) is 0 Å². The highest BCUT2D eigenvalue weighted by molar-refractivity contribution is 5.40. The van der Waals surface area contributed by atoms with Gasteiger partial charge in [0.05, 0.1) is 11.8 Å². The standard InChI is InChI=1S/C8H11N3O/c1-8(12)5-11(6-8)7-4-9-2-3-10-7/h2-4,12H,5-6H2,1H3. The zero-order chi connectivity index (χ0) is 8.60. The summed E-state index contributed by atoms with van der Waals surface area (Å²) >= 11 is 0. The third-order valence-electron chi connectivity index (χ3n) is 1.94. The minimum Gasteiger partial charge on any atom is -0.386 e. The van der Waals surface area contributed by atoms with Crippen LogP contribution in [0.1, 0.15) is 6.92 Å². The maximum Gasteiger partial charge on any atom is 0.147 e. The van der Waals surface area contributed by atoms with Gasteiger partial charge in [-0.05, 0) is 6.92 Å². The molecule has 0 spiro atoms. The average Bonchev–Trinajstić information content (AvgIpc) is 2.02. The monoisotopic (exact) mass is 165 g/mol.